The minimum Gasteiger partial charge on any atom is -0.310 e. The molecule has 1 aromatic rings. The van der Waals surface area contributed by atoms with Gasteiger partial charge in [-0.3, -0.25) is 4.98 Å². The number of hydrogen-bond acceptors (Lipinski definition) is 2. The van der Waals surface area contributed by atoms with Crippen molar-refractivity contribution in [2.75, 3.05) is 0 Å². The summed E-state index contributed by atoms with van der Waals surface area (Å²) in [6.45, 7) is 3.28. The van der Waals surface area contributed by atoms with E-state index in [1.165, 1.54) is 50.5 Å². The summed E-state index contributed by atoms with van der Waals surface area (Å²) in [5, 5.41) is 3.70. The molecular formula is C16H26N2. The monoisotopic (exact) mass is 246 g/mol. The van der Waals surface area contributed by atoms with E-state index in [1.54, 1.807) is 0 Å². The highest BCUT2D eigenvalue weighted by Crippen LogP contribution is 2.26. The first-order chi connectivity index (χ1) is 8.88. The molecule has 2 atom stereocenters. The van der Waals surface area contributed by atoms with E-state index in [9.17, 15) is 0 Å². The number of nitrogens with zero attached hydrogens (tertiary/aromatic N) is 1. The van der Waals surface area contributed by atoms with E-state index in [-0.39, 0.29) is 0 Å². The quantitative estimate of drug-likeness (QED) is 0.796. The topological polar surface area (TPSA) is 24.9 Å². The molecule has 1 aliphatic carbocycles. The standard InChI is InChI=1S/C16H26N2/c1-2-5-14-6-3-8-16(10-9-14)18-13-15-7-4-11-17-12-15/h4,7,11-12,14,16,18H,2-3,5-6,8-10,13H2,1H3. The van der Waals surface area contributed by atoms with E-state index in [2.05, 4.69) is 23.3 Å². The van der Waals surface area contributed by atoms with Crippen LogP contribution in [0, 0.1) is 5.92 Å². The zero-order chi connectivity index (χ0) is 12.6. The van der Waals surface area contributed by atoms with E-state index in [0.717, 1.165) is 12.5 Å². The van der Waals surface area contributed by atoms with Crippen molar-refractivity contribution < 1.29 is 0 Å². The zero-order valence-electron chi connectivity index (χ0n) is 11.6. The molecule has 18 heavy (non-hydrogen) atoms. The number of aromatic nitrogens is 1. The number of nitrogens with one attached hydrogen (secondary N) is 1. The van der Waals surface area contributed by atoms with Crippen molar-refractivity contribution >= 4 is 0 Å². The Hall–Kier alpha value is -0.890. The molecule has 1 N–H and O–H groups in total. The third-order valence-corrected chi connectivity index (χ3v) is 4.10. The van der Waals surface area contributed by atoms with Crippen LogP contribution in [-0.2, 0) is 6.54 Å². The fourth-order valence-corrected chi connectivity index (χ4v) is 3.04. The Labute approximate surface area is 111 Å². The van der Waals surface area contributed by atoms with Crippen molar-refractivity contribution in [3.05, 3.63) is 30.1 Å². The molecule has 1 heterocycles. The van der Waals surface area contributed by atoms with E-state index in [0.29, 0.717) is 6.04 Å². The molecule has 0 radical (unpaired) electrons. The molecule has 0 spiro atoms. The predicted molar refractivity (Wildman–Crippen MR) is 76.3 cm³/mol. The average molecular weight is 246 g/mol. The maximum atomic E-state index is 4.16. The summed E-state index contributed by atoms with van der Waals surface area (Å²) in [7, 11) is 0. The molecule has 0 saturated heterocycles. The third kappa shape index (κ3) is 4.41. The molecule has 0 amide bonds. The van der Waals surface area contributed by atoms with Crippen LogP contribution in [0.1, 0.15) is 57.4 Å². The lowest BCUT2D eigenvalue weighted by molar-refractivity contribution is 0.409. The fourth-order valence-electron chi connectivity index (χ4n) is 3.04. The van der Waals surface area contributed by atoms with Crippen LogP contribution in [0.15, 0.2) is 24.5 Å². The van der Waals surface area contributed by atoms with Crippen molar-refractivity contribution in [3.8, 4) is 0 Å². The molecule has 2 heteroatoms. The SMILES string of the molecule is CCCC1CCCC(NCc2cccnc2)CC1. The van der Waals surface area contributed by atoms with Gasteiger partial charge in [0.25, 0.3) is 0 Å². The fraction of sp³-hybridized carbons (Fsp3) is 0.688. The first kappa shape index (κ1) is 13.5. The zero-order valence-corrected chi connectivity index (χ0v) is 11.6. The molecule has 2 rings (SSSR count). The van der Waals surface area contributed by atoms with Crippen LogP contribution >= 0.6 is 0 Å². The van der Waals surface area contributed by atoms with Gasteiger partial charge in [0.05, 0.1) is 0 Å². The summed E-state index contributed by atoms with van der Waals surface area (Å²) in [6, 6.07) is 4.88. The summed E-state index contributed by atoms with van der Waals surface area (Å²) in [4.78, 5) is 4.16. The van der Waals surface area contributed by atoms with Crippen molar-refractivity contribution in [1.29, 1.82) is 0 Å². The van der Waals surface area contributed by atoms with Crippen molar-refractivity contribution in [2.45, 2.75) is 64.5 Å². The van der Waals surface area contributed by atoms with Gasteiger partial charge in [0, 0.05) is 25.0 Å². The van der Waals surface area contributed by atoms with Crippen molar-refractivity contribution in [2.24, 2.45) is 5.92 Å². The van der Waals surface area contributed by atoms with Gasteiger partial charge in [-0.1, -0.05) is 38.7 Å². The molecule has 1 saturated carbocycles. The molecule has 1 fully saturated rings. The lowest BCUT2D eigenvalue weighted by Crippen LogP contribution is -2.28. The predicted octanol–water partition coefficient (Wildman–Crippen LogP) is 3.92. The molecule has 100 valence electrons. The summed E-state index contributed by atoms with van der Waals surface area (Å²) >= 11 is 0. The molecule has 0 aliphatic heterocycles. The van der Waals surface area contributed by atoms with Crippen molar-refractivity contribution in [1.82, 2.24) is 10.3 Å². The summed E-state index contributed by atoms with van der Waals surface area (Å²) in [5.74, 6) is 0.986. The maximum Gasteiger partial charge on any atom is 0.0312 e. The third-order valence-electron chi connectivity index (χ3n) is 4.10. The van der Waals surface area contributed by atoms with Gasteiger partial charge < -0.3 is 5.32 Å². The molecule has 2 unspecified atom stereocenters. The second-order valence-electron chi connectivity index (χ2n) is 5.60. The number of hydrogen-bond donors (Lipinski definition) is 1. The molecule has 1 aromatic heterocycles. The Morgan fingerprint density at radius 1 is 1.28 bits per heavy atom. The lowest BCUT2D eigenvalue weighted by Gasteiger charge is -2.16. The van der Waals surface area contributed by atoms with Gasteiger partial charge in [0.15, 0.2) is 0 Å². The second kappa shape index (κ2) is 7.52. The van der Waals surface area contributed by atoms with Crippen LogP contribution in [0.25, 0.3) is 0 Å². The van der Waals surface area contributed by atoms with Crippen LogP contribution < -0.4 is 5.32 Å². The van der Waals surface area contributed by atoms with Gasteiger partial charge in [0.2, 0.25) is 0 Å². The van der Waals surface area contributed by atoms with Gasteiger partial charge in [0.1, 0.15) is 0 Å². The second-order valence-corrected chi connectivity index (χ2v) is 5.60. The summed E-state index contributed by atoms with van der Waals surface area (Å²) < 4.78 is 0. The molecular weight excluding hydrogens is 220 g/mol. The number of pyridine rings is 1. The van der Waals surface area contributed by atoms with Crippen LogP contribution in [0.5, 0.6) is 0 Å². The Morgan fingerprint density at radius 2 is 2.22 bits per heavy atom. The average Bonchev–Trinajstić information content (AvgIpc) is 2.64. The van der Waals surface area contributed by atoms with Crippen LogP contribution in [0.4, 0.5) is 0 Å². The van der Waals surface area contributed by atoms with Crippen LogP contribution in [-0.4, -0.2) is 11.0 Å². The molecule has 1 aliphatic rings. The smallest absolute Gasteiger partial charge is 0.0312 e. The minimum absolute atomic E-state index is 0.715. The van der Waals surface area contributed by atoms with Gasteiger partial charge in [-0.25, -0.2) is 0 Å². The largest absolute Gasteiger partial charge is 0.310 e. The van der Waals surface area contributed by atoms with Gasteiger partial charge in [-0.15, -0.1) is 0 Å². The van der Waals surface area contributed by atoms with E-state index in [4.69, 9.17) is 0 Å². The Balaban J connectivity index is 1.73. The lowest BCUT2D eigenvalue weighted by atomic mass is 9.95. The van der Waals surface area contributed by atoms with Gasteiger partial charge in [-0.05, 0) is 36.8 Å². The highest BCUT2D eigenvalue weighted by molar-refractivity contribution is 5.08. The van der Waals surface area contributed by atoms with Gasteiger partial charge in [-0.2, -0.15) is 0 Å². The first-order valence-corrected chi connectivity index (χ1v) is 7.50. The van der Waals surface area contributed by atoms with E-state index >= 15 is 0 Å². The summed E-state index contributed by atoms with van der Waals surface area (Å²) in [6.07, 6.45) is 13.5. The molecule has 0 bridgehead atoms. The first-order valence-electron chi connectivity index (χ1n) is 7.50. The minimum atomic E-state index is 0.715. The van der Waals surface area contributed by atoms with E-state index in [1.807, 2.05) is 18.5 Å². The number of rotatable bonds is 5. The Morgan fingerprint density at radius 3 is 3.00 bits per heavy atom. The highest BCUT2D eigenvalue weighted by Gasteiger charge is 2.17. The van der Waals surface area contributed by atoms with Gasteiger partial charge >= 0.3 is 0 Å². The molecule has 2 nitrogen and oxygen atoms in total. The normalized spacial score (nSPS) is 24.7. The van der Waals surface area contributed by atoms with Crippen molar-refractivity contribution in [3.63, 3.8) is 0 Å². The molecule has 0 aromatic carbocycles. The van der Waals surface area contributed by atoms with Crippen LogP contribution in [0.3, 0.4) is 0 Å². The Bertz CT molecular complexity index is 323. The summed E-state index contributed by atoms with van der Waals surface area (Å²) in [5.41, 5.74) is 1.30. The maximum absolute atomic E-state index is 4.16. The Kier molecular flexibility index (Phi) is 5.66. The van der Waals surface area contributed by atoms with E-state index < -0.39 is 0 Å². The highest BCUT2D eigenvalue weighted by atomic mass is 14.9. The van der Waals surface area contributed by atoms with Crippen LogP contribution in [0.2, 0.25) is 0 Å².